The summed E-state index contributed by atoms with van der Waals surface area (Å²) in [5.41, 5.74) is 0.477. The number of hydrogen-bond donors (Lipinski definition) is 0. The SMILES string of the molecule is CS(C)(C)C#Cc1ccc(C(F)F)cn1. The average molecular weight is 229 g/mol. The van der Waals surface area contributed by atoms with Crippen LogP contribution < -0.4 is 0 Å². The second-order valence-electron chi connectivity index (χ2n) is 3.84. The predicted octanol–water partition coefficient (Wildman–Crippen LogP) is 3.02. The van der Waals surface area contributed by atoms with Crippen LogP contribution in [0.15, 0.2) is 18.3 Å². The van der Waals surface area contributed by atoms with Gasteiger partial charge in [-0.05, 0) is 42.1 Å². The first-order chi connectivity index (χ1) is 6.88. The van der Waals surface area contributed by atoms with Crippen molar-refractivity contribution >= 4 is 10.0 Å². The van der Waals surface area contributed by atoms with Crippen molar-refractivity contribution in [3.63, 3.8) is 0 Å². The molecule has 1 aromatic heterocycles. The van der Waals surface area contributed by atoms with E-state index in [9.17, 15) is 8.78 Å². The summed E-state index contributed by atoms with van der Waals surface area (Å²) in [5, 5.41) is 3.07. The number of rotatable bonds is 1. The lowest BCUT2D eigenvalue weighted by molar-refractivity contribution is 0.151. The average Bonchev–Trinajstić information content (AvgIpc) is 2.14. The number of hydrogen-bond acceptors (Lipinski definition) is 1. The van der Waals surface area contributed by atoms with Crippen LogP contribution >= 0.6 is 10.0 Å². The zero-order valence-electron chi connectivity index (χ0n) is 8.92. The van der Waals surface area contributed by atoms with Gasteiger partial charge in [-0.15, -0.1) is 0 Å². The summed E-state index contributed by atoms with van der Waals surface area (Å²) in [6.07, 6.45) is 4.90. The van der Waals surface area contributed by atoms with Crippen LogP contribution in [0, 0.1) is 11.2 Å². The van der Waals surface area contributed by atoms with Gasteiger partial charge in [0.2, 0.25) is 0 Å². The van der Waals surface area contributed by atoms with Crippen LogP contribution in [0.4, 0.5) is 8.78 Å². The van der Waals surface area contributed by atoms with Gasteiger partial charge in [-0.2, -0.15) is 10.0 Å². The summed E-state index contributed by atoms with van der Waals surface area (Å²) in [6.45, 7) is 0. The van der Waals surface area contributed by atoms with Crippen molar-refractivity contribution in [2.24, 2.45) is 0 Å². The Bertz CT molecular complexity index is 382. The molecule has 0 saturated heterocycles. The Morgan fingerprint density at radius 3 is 2.33 bits per heavy atom. The zero-order chi connectivity index (χ0) is 11.5. The first kappa shape index (κ1) is 12.0. The van der Waals surface area contributed by atoms with Crippen LogP contribution in [0.5, 0.6) is 0 Å². The minimum atomic E-state index is -2.47. The summed E-state index contributed by atoms with van der Waals surface area (Å²) in [7, 11) is -0.898. The second kappa shape index (κ2) is 4.63. The smallest absolute Gasteiger partial charge is 0.247 e. The van der Waals surface area contributed by atoms with Crippen molar-refractivity contribution in [2.75, 3.05) is 18.8 Å². The van der Waals surface area contributed by atoms with Crippen LogP contribution in [0.1, 0.15) is 17.7 Å². The van der Waals surface area contributed by atoms with Crippen molar-refractivity contribution in [3.8, 4) is 11.2 Å². The van der Waals surface area contributed by atoms with Gasteiger partial charge in [-0.3, -0.25) is 0 Å². The van der Waals surface area contributed by atoms with Gasteiger partial charge in [0.15, 0.2) is 0 Å². The third kappa shape index (κ3) is 4.30. The highest BCUT2D eigenvalue weighted by Gasteiger charge is 2.06. The maximum absolute atomic E-state index is 12.2. The van der Waals surface area contributed by atoms with Crippen LogP contribution in [0.2, 0.25) is 0 Å². The molecule has 0 saturated carbocycles. The zero-order valence-corrected chi connectivity index (χ0v) is 9.74. The van der Waals surface area contributed by atoms with E-state index in [2.05, 4.69) is 34.9 Å². The van der Waals surface area contributed by atoms with Gasteiger partial charge in [-0.1, -0.05) is 0 Å². The lowest BCUT2D eigenvalue weighted by Crippen LogP contribution is -1.89. The second-order valence-corrected chi connectivity index (χ2v) is 7.72. The summed E-state index contributed by atoms with van der Waals surface area (Å²) in [4.78, 5) is 3.86. The molecular formula is C11H13F2NS. The molecule has 0 aromatic carbocycles. The van der Waals surface area contributed by atoms with E-state index in [1.807, 2.05) is 0 Å². The van der Waals surface area contributed by atoms with Crippen molar-refractivity contribution in [1.29, 1.82) is 0 Å². The highest BCUT2D eigenvalue weighted by molar-refractivity contribution is 8.35. The Morgan fingerprint density at radius 2 is 1.93 bits per heavy atom. The summed E-state index contributed by atoms with van der Waals surface area (Å²) in [6, 6.07) is 2.89. The molecule has 0 aliphatic rings. The molecule has 0 aliphatic carbocycles. The van der Waals surface area contributed by atoms with E-state index in [1.54, 1.807) is 0 Å². The number of nitrogens with zero attached hydrogens (tertiary/aromatic N) is 1. The Balaban J connectivity index is 2.85. The third-order valence-corrected chi connectivity index (χ3v) is 2.24. The van der Waals surface area contributed by atoms with Gasteiger partial charge in [-0.25, -0.2) is 13.8 Å². The Morgan fingerprint density at radius 1 is 1.27 bits per heavy atom. The van der Waals surface area contributed by atoms with E-state index >= 15 is 0 Å². The molecule has 1 aromatic rings. The van der Waals surface area contributed by atoms with Crippen LogP contribution in [-0.2, 0) is 0 Å². The summed E-state index contributed by atoms with van der Waals surface area (Å²) in [5.74, 6) is 2.88. The fourth-order valence-electron chi connectivity index (χ4n) is 0.814. The fraction of sp³-hybridized carbons (Fsp3) is 0.364. The van der Waals surface area contributed by atoms with Crippen molar-refractivity contribution in [2.45, 2.75) is 6.43 Å². The quantitative estimate of drug-likeness (QED) is 0.674. The summed E-state index contributed by atoms with van der Waals surface area (Å²) >= 11 is 0. The van der Waals surface area contributed by atoms with Crippen molar-refractivity contribution in [1.82, 2.24) is 4.98 Å². The molecule has 0 N–H and O–H groups in total. The topological polar surface area (TPSA) is 12.9 Å². The number of aromatic nitrogens is 1. The first-order valence-electron chi connectivity index (χ1n) is 4.34. The molecule has 4 heteroatoms. The molecule has 82 valence electrons. The molecule has 0 fully saturated rings. The Hall–Kier alpha value is -1.08. The number of halogens is 2. The molecule has 0 radical (unpaired) electrons. The monoisotopic (exact) mass is 229 g/mol. The molecular weight excluding hydrogens is 216 g/mol. The lowest BCUT2D eigenvalue weighted by atomic mass is 10.2. The normalized spacial score (nSPS) is 12.1. The van der Waals surface area contributed by atoms with E-state index in [-0.39, 0.29) is 5.56 Å². The fourth-order valence-corrected chi connectivity index (χ4v) is 1.22. The van der Waals surface area contributed by atoms with E-state index in [0.717, 1.165) is 0 Å². The molecule has 1 nitrogen and oxygen atoms in total. The number of pyridine rings is 1. The molecule has 0 spiro atoms. The first-order valence-corrected chi connectivity index (χ1v) is 7.19. The van der Waals surface area contributed by atoms with Gasteiger partial charge in [0.1, 0.15) is 5.69 Å². The standard InChI is InChI=1S/C11H13F2NS/c1-15(2,3)7-6-10-5-4-9(8-14-10)11(12)13/h4-5,8,11H,1-3H3. The molecule has 0 atom stereocenters. The van der Waals surface area contributed by atoms with Crippen LogP contribution in [-0.4, -0.2) is 23.8 Å². The van der Waals surface area contributed by atoms with Gasteiger partial charge >= 0.3 is 0 Å². The lowest BCUT2D eigenvalue weighted by Gasteiger charge is -2.14. The third-order valence-electron chi connectivity index (χ3n) is 1.52. The minimum Gasteiger partial charge on any atom is -0.247 e. The van der Waals surface area contributed by atoms with Gasteiger partial charge in [0.05, 0.1) is 0 Å². The summed E-state index contributed by atoms with van der Waals surface area (Å²) < 4.78 is 24.4. The molecule has 15 heavy (non-hydrogen) atoms. The van der Waals surface area contributed by atoms with Gasteiger partial charge in [0, 0.05) is 11.8 Å². The van der Waals surface area contributed by atoms with E-state index < -0.39 is 16.5 Å². The Labute approximate surface area is 90.2 Å². The Kier molecular flexibility index (Phi) is 3.70. The van der Waals surface area contributed by atoms with E-state index in [1.165, 1.54) is 18.3 Å². The molecule has 0 unspecified atom stereocenters. The van der Waals surface area contributed by atoms with E-state index in [0.29, 0.717) is 5.69 Å². The van der Waals surface area contributed by atoms with Crippen molar-refractivity contribution in [3.05, 3.63) is 29.6 Å². The van der Waals surface area contributed by atoms with Crippen LogP contribution in [0.25, 0.3) is 0 Å². The van der Waals surface area contributed by atoms with Gasteiger partial charge < -0.3 is 0 Å². The largest absolute Gasteiger partial charge is 0.265 e. The molecule has 0 amide bonds. The van der Waals surface area contributed by atoms with Crippen LogP contribution in [0.3, 0.4) is 0 Å². The molecule has 1 heterocycles. The predicted molar refractivity (Wildman–Crippen MR) is 61.4 cm³/mol. The number of alkyl halides is 2. The maximum atomic E-state index is 12.2. The molecule has 1 rings (SSSR count). The maximum Gasteiger partial charge on any atom is 0.265 e. The molecule has 0 bridgehead atoms. The molecule has 0 aliphatic heterocycles. The highest BCUT2D eigenvalue weighted by atomic mass is 32.3. The highest BCUT2D eigenvalue weighted by Crippen LogP contribution is 2.32. The van der Waals surface area contributed by atoms with E-state index in [4.69, 9.17) is 0 Å². The minimum absolute atomic E-state index is 0.0661. The van der Waals surface area contributed by atoms with Crippen molar-refractivity contribution < 1.29 is 8.78 Å². The van der Waals surface area contributed by atoms with Gasteiger partial charge in [0.25, 0.3) is 6.43 Å².